The Morgan fingerprint density at radius 1 is 1.27 bits per heavy atom. The van der Waals surface area contributed by atoms with E-state index >= 15 is 0 Å². The SMILES string of the molecule is C[C@H]1C[C@@H](Cn2ccc3nc(-c4cn[nH]c4)ccc32)CN1C(=O)CCc1cccc(C#N)c1. The summed E-state index contributed by atoms with van der Waals surface area (Å²) in [4.78, 5) is 19.7. The minimum absolute atomic E-state index is 0.191. The summed E-state index contributed by atoms with van der Waals surface area (Å²) in [5, 5.41) is 15.9. The summed E-state index contributed by atoms with van der Waals surface area (Å²) in [7, 11) is 0. The highest BCUT2D eigenvalue weighted by Crippen LogP contribution is 2.28. The van der Waals surface area contributed by atoms with Gasteiger partial charge in [-0.25, -0.2) is 4.98 Å². The normalized spacial score (nSPS) is 18.0. The molecule has 1 saturated heterocycles. The number of H-pyrrole nitrogens is 1. The van der Waals surface area contributed by atoms with E-state index in [1.54, 1.807) is 12.3 Å². The van der Waals surface area contributed by atoms with E-state index in [1.165, 1.54) is 0 Å². The highest BCUT2D eigenvalue weighted by molar-refractivity contribution is 5.79. The Morgan fingerprint density at radius 2 is 2.18 bits per heavy atom. The topological polar surface area (TPSA) is 90.6 Å². The third-order valence-corrected chi connectivity index (χ3v) is 6.54. The van der Waals surface area contributed by atoms with Gasteiger partial charge in [0.25, 0.3) is 0 Å². The summed E-state index contributed by atoms with van der Waals surface area (Å²) in [6.45, 7) is 3.79. The highest BCUT2D eigenvalue weighted by atomic mass is 16.2. The van der Waals surface area contributed by atoms with E-state index < -0.39 is 0 Å². The summed E-state index contributed by atoms with van der Waals surface area (Å²) in [5.41, 5.74) is 5.62. The number of nitriles is 1. The zero-order valence-corrected chi connectivity index (χ0v) is 18.6. The van der Waals surface area contributed by atoms with E-state index in [9.17, 15) is 4.79 Å². The second-order valence-electron chi connectivity index (χ2n) is 8.86. The fraction of sp³-hybridized carbons (Fsp3) is 0.308. The number of amides is 1. The standard InChI is InChI=1S/C26H26N6O/c1-18-11-21(17-32(18)26(33)8-5-19-3-2-4-20(12-19)13-27)16-31-10-9-24-25(31)7-6-23(30-24)22-14-28-29-15-22/h2-4,6-7,9-10,12,14-15,18,21H,5,8,11,16-17H2,1H3,(H,28,29)/t18-,21-/m0/s1. The number of rotatable bonds is 6. The van der Waals surface area contributed by atoms with Gasteiger partial charge in [0, 0.05) is 43.5 Å². The van der Waals surface area contributed by atoms with Crippen molar-refractivity contribution in [2.75, 3.05) is 6.54 Å². The first-order valence-corrected chi connectivity index (χ1v) is 11.3. The molecule has 0 radical (unpaired) electrons. The Hall–Kier alpha value is -3.92. The smallest absolute Gasteiger partial charge is 0.223 e. The lowest BCUT2D eigenvalue weighted by Crippen LogP contribution is -2.34. The van der Waals surface area contributed by atoms with Gasteiger partial charge >= 0.3 is 0 Å². The molecular weight excluding hydrogens is 412 g/mol. The number of hydrogen-bond donors (Lipinski definition) is 1. The van der Waals surface area contributed by atoms with E-state index in [0.29, 0.717) is 24.3 Å². The van der Waals surface area contributed by atoms with Gasteiger partial charge in [-0.3, -0.25) is 9.89 Å². The second-order valence-corrected chi connectivity index (χ2v) is 8.86. The van der Waals surface area contributed by atoms with E-state index in [4.69, 9.17) is 10.2 Å². The molecule has 4 heterocycles. The molecule has 0 unspecified atom stereocenters. The molecule has 4 aromatic rings. The van der Waals surface area contributed by atoms with Crippen molar-refractivity contribution < 1.29 is 4.79 Å². The number of fused-ring (bicyclic) bond motifs is 1. The third-order valence-electron chi connectivity index (χ3n) is 6.54. The van der Waals surface area contributed by atoms with Crippen molar-refractivity contribution in [3.63, 3.8) is 0 Å². The van der Waals surface area contributed by atoms with Gasteiger partial charge in [0.1, 0.15) is 0 Å². The van der Waals surface area contributed by atoms with Crippen LogP contribution in [0.4, 0.5) is 0 Å². The minimum Gasteiger partial charge on any atom is -0.346 e. The number of pyridine rings is 1. The molecule has 0 spiro atoms. The van der Waals surface area contributed by atoms with Crippen molar-refractivity contribution >= 4 is 16.9 Å². The number of carbonyl (C=O) groups excluding carboxylic acids is 1. The lowest BCUT2D eigenvalue weighted by Gasteiger charge is -2.21. The number of hydrogen-bond acceptors (Lipinski definition) is 4. The number of carbonyl (C=O) groups is 1. The molecule has 7 nitrogen and oxygen atoms in total. The molecule has 1 amide bonds. The maximum Gasteiger partial charge on any atom is 0.223 e. The Morgan fingerprint density at radius 3 is 3.00 bits per heavy atom. The van der Waals surface area contributed by atoms with Crippen LogP contribution in [0, 0.1) is 17.2 Å². The van der Waals surface area contributed by atoms with Crippen LogP contribution in [0.3, 0.4) is 0 Å². The molecule has 1 aromatic carbocycles. The molecule has 1 fully saturated rings. The maximum atomic E-state index is 12.9. The van der Waals surface area contributed by atoms with Crippen LogP contribution in [-0.2, 0) is 17.8 Å². The number of aromatic amines is 1. The number of aromatic nitrogens is 4. The van der Waals surface area contributed by atoms with Crippen molar-refractivity contribution in [1.82, 2.24) is 24.6 Å². The molecule has 166 valence electrons. The van der Waals surface area contributed by atoms with Crippen molar-refractivity contribution in [2.45, 2.75) is 38.8 Å². The molecule has 2 atom stereocenters. The molecule has 5 rings (SSSR count). The van der Waals surface area contributed by atoms with Crippen LogP contribution < -0.4 is 0 Å². The van der Waals surface area contributed by atoms with Crippen molar-refractivity contribution in [3.8, 4) is 17.3 Å². The molecule has 1 N–H and O–H groups in total. The Balaban J connectivity index is 1.22. The molecule has 0 aliphatic carbocycles. The molecule has 0 bridgehead atoms. The molecule has 3 aromatic heterocycles. The first-order chi connectivity index (χ1) is 16.1. The largest absolute Gasteiger partial charge is 0.346 e. The lowest BCUT2D eigenvalue weighted by molar-refractivity contribution is -0.131. The van der Waals surface area contributed by atoms with Gasteiger partial charge in [0.15, 0.2) is 0 Å². The van der Waals surface area contributed by atoms with Gasteiger partial charge in [-0.05, 0) is 61.6 Å². The van der Waals surface area contributed by atoms with Crippen molar-refractivity contribution in [2.24, 2.45) is 5.92 Å². The predicted octanol–water partition coefficient (Wildman–Crippen LogP) is 4.17. The first kappa shape index (κ1) is 21.0. The van der Waals surface area contributed by atoms with Crippen molar-refractivity contribution in [3.05, 3.63) is 72.2 Å². The van der Waals surface area contributed by atoms with Gasteiger partial charge in [0.2, 0.25) is 5.91 Å². The molecule has 0 saturated carbocycles. The molecule has 33 heavy (non-hydrogen) atoms. The highest BCUT2D eigenvalue weighted by Gasteiger charge is 2.32. The van der Waals surface area contributed by atoms with Crippen molar-refractivity contribution in [1.29, 1.82) is 5.26 Å². The number of nitrogens with one attached hydrogen (secondary N) is 1. The number of benzene rings is 1. The molecule has 1 aliphatic rings. The van der Waals surface area contributed by atoms with Crippen LogP contribution in [0.2, 0.25) is 0 Å². The average Bonchev–Trinajstić information content (AvgIpc) is 3.58. The van der Waals surface area contributed by atoms with Gasteiger partial charge in [0.05, 0.1) is 34.6 Å². The molecule has 1 aliphatic heterocycles. The van der Waals surface area contributed by atoms with E-state index in [1.807, 2.05) is 35.4 Å². The van der Waals surface area contributed by atoms with Crippen LogP contribution in [-0.4, -0.2) is 43.1 Å². The third kappa shape index (κ3) is 4.37. The van der Waals surface area contributed by atoms with Crippen LogP contribution in [0.1, 0.15) is 30.9 Å². The number of aryl methyl sites for hydroxylation is 1. The first-order valence-electron chi connectivity index (χ1n) is 11.3. The van der Waals surface area contributed by atoms with Crippen LogP contribution >= 0.6 is 0 Å². The fourth-order valence-corrected chi connectivity index (χ4v) is 4.88. The Labute approximate surface area is 192 Å². The zero-order valence-electron chi connectivity index (χ0n) is 18.6. The summed E-state index contributed by atoms with van der Waals surface area (Å²) < 4.78 is 2.25. The zero-order chi connectivity index (χ0) is 22.8. The summed E-state index contributed by atoms with van der Waals surface area (Å²) in [6, 6.07) is 16.1. The van der Waals surface area contributed by atoms with E-state index in [-0.39, 0.29) is 11.9 Å². The molecule has 7 heteroatoms. The number of likely N-dealkylation sites (tertiary alicyclic amines) is 1. The summed E-state index contributed by atoms with van der Waals surface area (Å²) in [6.07, 6.45) is 7.84. The average molecular weight is 439 g/mol. The number of nitrogens with zero attached hydrogens (tertiary/aromatic N) is 5. The minimum atomic E-state index is 0.191. The van der Waals surface area contributed by atoms with Gasteiger partial charge in [-0.1, -0.05) is 12.1 Å². The fourth-order valence-electron chi connectivity index (χ4n) is 4.88. The summed E-state index contributed by atoms with van der Waals surface area (Å²) >= 11 is 0. The van der Waals surface area contributed by atoms with Gasteiger partial charge in [-0.2, -0.15) is 10.4 Å². The predicted molar refractivity (Wildman–Crippen MR) is 126 cm³/mol. The monoisotopic (exact) mass is 438 g/mol. The van der Waals surface area contributed by atoms with Crippen LogP contribution in [0.25, 0.3) is 22.3 Å². The quantitative estimate of drug-likeness (QED) is 0.489. The van der Waals surface area contributed by atoms with Crippen LogP contribution in [0.15, 0.2) is 61.1 Å². The Kier molecular flexibility index (Phi) is 5.66. The second kappa shape index (κ2) is 8.91. The van der Waals surface area contributed by atoms with E-state index in [0.717, 1.165) is 47.4 Å². The molecular formula is C26H26N6O. The van der Waals surface area contributed by atoms with Gasteiger partial charge in [-0.15, -0.1) is 0 Å². The van der Waals surface area contributed by atoms with Crippen LogP contribution in [0.5, 0.6) is 0 Å². The maximum absolute atomic E-state index is 12.9. The summed E-state index contributed by atoms with van der Waals surface area (Å²) in [5.74, 6) is 0.603. The van der Waals surface area contributed by atoms with E-state index in [2.05, 4.69) is 46.1 Å². The lowest BCUT2D eigenvalue weighted by atomic mass is 10.1. The Bertz CT molecular complexity index is 1320. The van der Waals surface area contributed by atoms with Gasteiger partial charge < -0.3 is 9.47 Å².